The summed E-state index contributed by atoms with van der Waals surface area (Å²) in [5, 5.41) is 0. The van der Waals surface area contributed by atoms with E-state index in [4.69, 9.17) is 10.5 Å². The van der Waals surface area contributed by atoms with Crippen LogP contribution in [0.3, 0.4) is 0 Å². The summed E-state index contributed by atoms with van der Waals surface area (Å²) in [6.07, 6.45) is 7.05. The van der Waals surface area contributed by atoms with E-state index in [9.17, 15) is 0 Å². The lowest BCUT2D eigenvalue weighted by atomic mass is 9.80. The summed E-state index contributed by atoms with van der Waals surface area (Å²) in [6, 6.07) is 8.41. The van der Waals surface area contributed by atoms with Crippen LogP contribution in [0.15, 0.2) is 24.3 Å². The van der Waals surface area contributed by atoms with Crippen molar-refractivity contribution in [3.63, 3.8) is 0 Å². The highest BCUT2D eigenvalue weighted by Gasteiger charge is 2.42. The van der Waals surface area contributed by atoms with Crippen LogP contribution in [0, 0.1) is 5.41 Å². The molecule has 1 aliphatic heterocycles. The maximum absolute atomic E-state index is 6.42. The Kier molecular flexibility index (Phi) is 3.09. The van der Waals surface area contributed by atoms with E-state index < -0.39 is 0 Å². The number of hydrogen-bond donors (Lipinski definition) is 1. The summed E-state index contributed by atoms with van der Waals surface area (Å²) in [5.41, 5.74) is 8.01. The van der Waals surface area contributed by atoms with Gasteiger partial charge in [0.15, 0.2) is 0 Å². The SMILES string of the molecule is CC1(C)CCCC2(CC1)C[C@@H](N)c1ccccc1O2. The molecule has 104 valence electrons. The van der Waals surface area contributed by atoms with Crippen molar-refractivity contribution in [1.82, 2.24) is 0 Å². The number of ether oxygens (including phenoxy) is 1. The molecule has 0 aromatic heterocycles. The second kappa shape index (κ2) is 4.52. The van der Waals surface area contributed by atoms with Crippen molar-refractivity contribution >= 4 is 0 Å². The molecule has 1 unspecified atom stereocenters. The zero-order valence-electron chi connectivity index (χ0n) is 12.1. The van der Waals surface area contributed by atoms with Crippen LogP contribution in [0.4, 0.5) is 0 Å². The van der Waals surface area contributed by atoms with Crippen LogP contribution < -0.4 is 10.5 Å². The third-order valence-corrected chi connectivity index (χ3v) is 4.98. The van der Waals surface area contributed by atoms with Gasteiger partial charge >= 0.3 is 0 Å². The molecule has 2 nitrogen and oxygen atoms in total. The molecule has 19 heavy (non-hydrogen) atoms. The van der Waals surface area contributed by atoms with Crippen molar-refractivity contribution < 1.29 is 4.74 Å². The van der Waals surface area contributed by atoms with Crippen LogP contribution in [0.25, 0.3) is 0 Å². The van der Waals surface area contributed by atoms with Gasteiger partial charge in [-0.25, -0.2) is 0 Å². The Balaban J connectivity index is 1.87. The fourth-order valence-electron chi connectivity index (χ4n) is 3.68. The number of para-hydroxylation sites is 1. The third-order valence-electron chi connectivity index (χ3n) is 4.98. The molecule has 2 N–H and O–H groups in total. The quantitative estimate of drug-likeness (QED) is 0.758. The number of hydrogen-bond acceptors (Lipinski definition) is 2. The third kappa shape index (κ3) is 2.51. The fourth-order valence-corrected chi connectivity index (χ4v) is 3.68. The first-order valence-corrected chi connectivity index (χ1v) is 7.53. The molecule has 0 bridgehead atoms. The van der Waals surface area contributed by atoms with Gasteiger partial charge < -0.3 is 10.5 Å². The molecule has 0 saturated heterocycles. The van der Waals surface area contributed by atoms with E-state index in [0.717, 1.165) is 25.0 Å². The van der Waals surface area contributed by atoms with Crippen molar-refractivity contribution in [2.75, 3.05) is 0 Å². The molecular formula is C17H25NO. The number of nitrogens with two attached hydrogens (primary N) is 1. The molecule has 1 fully saturated rings. The van der Waals surface area contributed by atoms with Gasteiger partial charge in [0.1, 0.15) is 11.4 Å². The largest absolute Gasteiger partial charge is 0.487 e. The van der Waals surface area contributed by atoms with Crippen LogP contribution in [-0.4, -0.2) is 5.60 Å². The van der Waals surface area contributed by atoms with Gasteiger partial charge in [-0.1, -0.05) is 32.0 Å². The Morgan fingerprint density at radius 2 is 1.89 bits per heavy atom. The van der Waals surface area contributed by atoms with Crippen LogP contribution >= 0.6 is 0 Å². The maximum atomic E-state index is 6.42. The molecule has 2 heteroatoms. The molecule has 1 aromatic carbocycles. The highest BCUT2D eigenvalue weighted by molar-refractivity contribution is 5.38. The van der Waals surface area contributed by atoms with E-state index in [0.29, 0.717) is 5.41 Å². The van der Waals surface area contributed by atoms with Crippen LogP contribution in [0.5, 0.6) is 5.75 Å². The standard InChI is InChI=1S/C17H25NO/c1-16(2)8-5-9-17(11-10-16)12-14(18)13-6-3-4-7-15(13)19-17/h3-4,6-7,14H,5,8-12,18H2,1-2H3/t14-,17?/m1/s1. The lowest BCUT2D eigenvalue weighted by Crippen LogP contribution is -2.42. The second-order valence-electron chi connectivity index (χ2n) is 7.15. The molecule has 0 radical (unpaired) electrons. The molecule has 1 spiro atoms. The van der Waals surface area contributed by atoms with Gasteiger partial charge in [0.25, 0.3) is 0 Å². The highest BCUT2D eigenvalue weighted by atomic mass is 16.5. The Labute approximate surface area is 116 Å². The van der Waals surface area contributed by atoms with E-state index >= 15 is 0 Å². The van der Waals surface area contributed by atoms with E-state index in [-0.39, 0.29) is 11.6 Å². The minimum atomic E-state index is -0.0124. The summed E-state index contributed by atoms with van der Waals surface area (Å²) in [4.78, 5) is 0. The smallest absolute Gasteiger partial charge is 0.124 e. The number of rotatable bonds is 0. The molecule has 1 aliphatic carbocycles. The summed E-state index contributed by atoms with van der Waals surface area (Å²) >= 11 is 0. The Morgan fingerprint density at radius 1 is 1.11 bits per heavy atom. The average molecular weight is 259 g/mol. The molecule has 2 atom stereocenters. The molecule has 0 amide bonds. The minimum absolute atomic E-state index is 0.0124. The summed E-state index contributed by atoms with van der Waals surface area (Å²) in [5.74, 6) is 1.01. The predicted octanol–water partition coefficient (Wildman–Crippen LogP) is 4.20. The molecule has 1 saturated carbocycles. The fraction of sp³-hybridized carbons (Fsp3) is 0.647. The number of benzene rings is 1. The van der Waals surface area contributed by atoms with E-state index in [1.54, 1.807) is 0 Å². The second-order valence-corrected chi connectivity index (χ2v) is 7.15. The first-order valence-electron chi connectivity index (χ1n) is 7.53. The van der Waals surface area contributed by atoms with Crippen LogP contribution in [0.1, 0.15) is 64.0 Å². The van der Waals surface area contributed by atoms with E-state index in [2.05, 4.69) is 32.0 Å². The average Bonchev–Trinajstić information content (AvgIpc) is 2.49. The van der Waals surface area contributed by atoms with Crippen LogP contribution in [0.2, 0.25) is 0 Å². The van der Waals surface area contributed by atoms with E-state index in [1.807, 2.05) is 6.07 Å². The Morgan fingerprint density at radius 3 is 2.74 bits per heavy atom. The first-order chi connectivity index (χ1) is 9.00. The van der Waals surface area contributed by atoms with Gasteiger partial charge in [-0.2, -0.15) is 0 Å². The van der Waals surface area contributed by atoms with Gasteiger partial charge in [-0.05, 0) is 43.6 Å². The molecule has 3 rings (SSSR count). The first kappa shape index (κ1) is 13.0. The summed E-state index contributed by atoms with van der Waals surface area (Å²) in [7, 11) is 0. The van der Waals surface area contributed by atoms with Gasteiger partial charge in [0.05, 0.1) is 0 Å². The molecule has 2 aliphatic rings. The van der Waals surface area contributed by atoms with Gasteiger partial charge in [0.2, 0.25) is 0 Å². The van der Waals surface area contributed by atoms with Crippen LogP contribution in [-0.2, 0) is 0 Å². The lowest BCUT2D eigenvalue weighted by molar-refractivity contribution is 0.0189. The van der Waals surface area contributed by atoms with Crippen molar-refractivity contribution in [1.29, 1.82) is 0 Å². The van der Waals surface area contributed by atoms with E-state index in [1.165, 1.54) is 24.8 Å². The molecule has 1 aromatic rings. The Hall–Kier alpha value is -1.02. The predicted molar refractivity (Wildman–Crippen MR) is 78.2 cm³/mol. The van der Waals surface area contributed by atoms with Crippen molar-refractivity contribution in [3.8, 4) is 5.75 Å². The van der Waals surface area contributed by atoms with Crippen molar-refractivity contribution in [2.24, 2.45) is 11.1 Å². The molecule has 1 heterocycles. The van der Waals surface area contributed by atoms with Gasteiger partial charge in [-0.15, -0.1) is 0 Å². The van der Waals surface area contributed by atoms with Crippen molar-refractivity contribution in [3.05, 3.63) is 29.8 Å². The van der Waals surface area contributed by atoms with Gasteiger partial charge in [0, 0.05) is 18.0 Å². The lowest BCUT2D eigenvalue weighted by Gasteiger charge is -2.41. The van der Waals surface area contributed by atoms with Gasteiger partial charge in [-0.3, -0.25) is 0 Å². The minimum Gasteiger partial charge on any atom is -0.487 e. The molecular weight excluding hydrogens is 234 g/mol. The number of fused-ring (bicyclic) bond motifs is 1. The Bertz CT molecular complexity index is 468. The topological polar surface area (TPSA) is 35.2 Å². The monoisotopic (exact) mass is 259 g/mol. The van der Waals surface area contributed by atoms with Crippen molar-refractivity contribution in [2.45, 2.75) is 64.0 Å². The summed E-state index contributed by atoms with van der Waals surface area (Å²) < 4.78 is 6.42. The zero-order chi connectivity index (χ0) is 13.5. The summed E-state index contributed by atoms with van der Waals surface area (Å²) in [6.45, 7) is 4.76. The maximum Gasteiger partial charge on any atom is 0.124 e. The highest BCUT2D eigenvalue weighted by Crippen LogP contribution is 2.47. The normalized spacial score (nSPS) is 33.3. The zero-order valence-corrected chi connectivity index (χ0v) is 12.1.